The van der Waals surface area contributed by atoms with Gasteiger partial charge in [0.25, 0.3) is 0 Å². The fraction of sp³-hybridized carbons (Fsp3) is 0.316. The van der Waals surface area contributed by atoms with Gasteiger partial charge in [0, 0.05) is 10.6 Å². The molecule has 158 valence electrons. The van der Waals surface area contributed by atoms with E-state index in [4.69, 9.17) is 32.7 Å². The van der Waals surface area contributed by atoms with E-state index in [9.17, 15) is 13.2 Å². The van der Waals surface area contributed by atoms with Crippen molar-refractivity contribution in [3.63, 3.8) is 0 Å². The van der Waals surface area contributed by atoms with Crippen molar-refractivity contribution in [2.75, 3.05) is 31.3 Å². The van der Waals surface area contributed by atoms with Crippen molar-refractivity contribution in [2.45, 2.75) is 13.0 Å². The largest absolute Gasteiger partial charge is 0.497 e. The molecule has 0 heterocycles. The van der Waals surface area contributed by atoms with Gasteiger partial charge in [-0.3, -0.25) is 9.10 Å². The van der Waals surface area contributed by atoms with Crippen LogP contribution in [-0.4, -0.2) is 41.3 Å². The van der Waals surface area contributed by atoms with Gasteiger partial charge in [-0.2, -0.15) is 0 Å². The molecule has 0 aromatic heterocycles. The Morgan fingerprint density at radius 3 is 2.38 bits per heavy atom. The summed E-state index contributed by atoms with van der Waals surface area (Å²) in [7, 11) is -0.714. The minimum absolute atomic E-state index is 0.123. The van der Waals surface area contributed by atoms with Gasteiger partial charge in [0.15, 0.2) is 0 Å². The Morgan fingerprint density at radius 1 is 1.14 bits per heavy atom. The molecule has 0 aliphatic carbocycles. The number of hydrogen-bond donors (Lipinski definition) is 1. The first-order valence-corrected chi connectivity index (χ1v) is 11.1. The molecule has 29 heavy (non-hydrogen) atoms. The van der Waals surface area contributed by atoms with E-state index < -0.39 is 28.5 Å². The number of halogens is 2. The van der Waals surface area contributed by atoms with Gasteiger partial charge in [-0.1, -0.05) is 23.2 Å². The van der Waals surface area contributed by atoms with E-state index >= 15 is 0 Å². The highest BCUT2D eigenvalue weighted by Crippen LogP contribution is 2.31. The van der Waals surface area contributed by atoms with Crippen LogP contribution < -0.4 is 19.1 Å². The van der Waals surface area contributed by atoms with Crippen LogP contribution in [-0.2, 0) is 14.8 Å². The summed E-state index contributed by atoms with van der Waals surface area (Å²) < 4.78 is 36.0. The number of ether oxygens (including phenoxy) is 2. The van der Waals surface area contributed by atoms with E-state index in [1.54, 1.807) is 25.1 Å². The maximum atomic E-state index is 12.6. The van der Waals surface area contributed by atoms with Crippen LogP contribution in [0.15, 0.2) is 36.4 Å². The average molecular weight is 461 g/mol. The molecule has 0 aliphatic heterocycles. The number of anilines is 1. The predicted molar refractivity (Wildman–Crippen MR) is 115 cm³/mol. The number of amides is 1. The van der Waals surface area contributed by atoms with Crippen LogP contribution >= 0.6 is 23.2 Å². The summed E-state index contributed by atoms with van der Waals surface area (Å²) in [4.78, 5) is 12.6. The summed E-state index contributed by atoms with van der Waals surface area (Å²) in [6, 6.07) is 9.12. The molecule has 2 rings (SSSR count). The number of carbonyl (C=O) groups excluding carboxylic acids is 1. The highest BCUT2D eigenvalue weighted by atomic mass is 35.5. The zero-order chi connectivity index (χ0) is 21.8. The maximum absolute atomic E-state index is 12.6. The summed E-state index contributed by atoms with van der Waals surface area (Å²) in [5.41, 5.74) is 0.857. The Kier molecular flexibility index (Phi) is 7.62. The van der Waals surface area contributed by atoms with Crippen LogP contribution in [0, 0.1) is 0 Å². The number of rotatable bonds is 8. The number of carbonyl (C=O) groups is 1. The fourth-order valence-electron chi connectivity index (χ4n) is 2.74. The van der Waals surface area contributed by atoms with Gasteiger partial charge in [0.05, 0.1) is 37.2 Å². The SMILES string of the molecule is COc1ccc(OC)c(C(C)NC(=O)CN(c2ccc(Cl)cc2Cl)S(C)(=O)=O)c1. The molecular formula is C19H22Cl2N2O5S. The van der Waals surface area contributed by atoms with Crippen molar-refractivity contribution in [2.24, 2.45) is 0 Å². The zero-order valence-corrected chi connectivity index (χ0v) is 18.7. The summed E-state index contributed by atoms with van der Waals surface area (Å²) in [6.45, 7) is 1.31. The van der Waals surface area contributed by atoms with Crippen LogP contribution in [0.3, 0.4) is 0 Å². The average Bonchev–Trinajstić information content (AvgIpc) is 2.65. The van der Waals surface area contributed by atoms with Gasteiger partial charge in [-0.15, -0.1) is 0 Å². The van der Waals surface area contributed by atoms with Gasteiger partial charge < -0.3 is 14.8 Å². The number of nitrogens with one attached hydrogen (secondary N) is 1. The molecule has 1 amide bonds. The van der Waals surface area contributed by atoms with Crippen molar-refractivity contribution in [3.05, 3.63) is 52.0 Å². The van der Waals surface area contributed by atoms with Crippen molar-refractivity contribution in [1.82, 2.24) is 5.32 Å². The Morgan fingerprint density at radius 2 is 1.83 bits per heavy atom. The van der Waals surface area contributed by atoms with Gasteiger partial charge in [0.2, 0.25) is 15.9 Å². The van der Waals surface area contributed by atoms with Gasteiger partial charge in [-0.05, 0) is 43.3 Å². The summed E-state index contributed by atoms with van der Waals surface area (Å²) in [5.74, 6) is 0.658. The summed E-state index contributed by atoms with van der Waals surface area (Å²) in [6.07, 6.45) is 1.000. The highest BCUT2D eigenvalue weighted by Gasteiger charge is 2.24. The predicted octanol–water partition coefficient (Wildman–Crippen LogP) is 3.65. The highest BCUT2D eigenvalue weighted by molar-refractivity contribution is 7.92. The lowest BCUT2D eigenvalue weighted by atomic mass is 10.1. The molecule has 2 aromatic carbocycles. The normalized spacial score (nSPS) is 12.2. The van der Waals surface area contributed by atoms with Crippen LogP contribution in [0.2, 0.25) is 10.0 Å². The third-order valence-electron chi connectivity index (χ3n) is 4.15. The second-order valence-electron chi connectivity index (χ2n) is 6.26. The van der Waals surface area contributed by atoms with Gasteiger partial charge in [-0.25, -0.2) is 8.42 Å². The number of methoxy groups -OCH3 is 2. The zero-order valence-electron chi connectivity index (χ0n) is 16.4. The Balaban J connectivity index is 2.25. The first-order chi connectivity index (χ1) is 13.6. The molecule has 1 N–H and O–H groups in total. The quantitative estimate of drug-likeness (QED) is 0.649. The van der Waals surface area contributed by atoms with E-state index in [0.717, 1.165) is 10.6 Å². The van der Waals surface area contributed by atoms with E-state index in [1.165, 1.54) is 32.4 Å². The Labute approximate surface area is 180 Å². The molecule has 1 unspecified atom stereocenters. The number of benzene rings is 2. The monoisotopic (exact) mass is 460 g/mol. The molecule has 0 radical (unpaired) electrons. The molecule has 0 aliphatic rings. The van der Waals surface area contributed by atoms with E-state index in [2.05, 4.69) is 5.32 Å². The van der Waals surface area contributed by atoms with E-state index in [1.807, 2.05) is 0 Å². The lowest BCUT2D eigenvalue weighted by molar-refractivity contribution is -0.120. The summed E-state index contributed by atoms with van der Waals surface area (Å²) in [5, 5.41) is 3.26. The van der Waals surface area contributed by atoms with Crippen LogP contribution in [0.1, 0.15) is 18.5 Å². The molecule has 2 aromatic rings. The Hall–Kier alpha value is -2.16. The second kappa shape index (κ2) is 9.56. The molecule has 10 heteroatoms. The number of nitrogens with zero attached hydrogens (tertiary/aromatic N) is 1. The van der Waals surface area contributed by atoms with E-state index in [-0.39, 0.29) is 10.7 Å². The smallest absolute Gasteiger partial charge is 0.241 e. The van der Waals surface area contributed by atoms with Crippen LogP contribution in [0.5, 0.6) is 11.5 Å². The molecule has 0 saturated carbocycles. The third kappa shape index (κ3) is 5.91. The molecule has 0 fully saturated rings. The second-order valence-corrected chi connectivity index (χ2v) is 9.01. The number of sulfonamides is 1. The maximum Gasteiger partial charge on any atom is 0.241 e. The van der Waals surface area contributed by atoms with Crippen molar-refractivity contribution < 1.29 is 22.7 Å². The van der Waals surface area contributed by atoms with Gasteiger partial charge in [0.1, 0.15) is 18.0 Å². The van der Waals surface area contributed by atoms with Crippen LogP contribution in [0.4, 0.5) is 5.69 Å². The van der Waals surface area contributed by atoms with Crippen molar-refractivity contribution >= 4 is 44.8 Å². The summed E-state index contributed by atoms with van der Waals surface area (Å²) >= 11 is 12.0. The standard InChI is InChI=1S/C19H22Cl2N2O5S/c1-12(15-10-14(27-2)6-8-18(15)28-3)22-19(24)11-23(29(4,25)26)17-7-5-13(20)9-16(17)21/h5-10,12H,11H2,1-4H3,(H,22,24). The molecular weight excluding hydrogens is 439 g/mol. The fourth-order valence-corrected chi connectivity index (χ4v) is 4.17. The van der Waals surface area contributed by atoms with Crippen molar-refractivity contribution in [1.29, 1.82) is 0 Å². The first-order valence-electron chi connectivity index (χ1n) is 8.51. The van der Waals surface area contributed by atoms with Crippen LogP contribution in [0.25, 0.3) is 0 Å². The third-order valence-corrected chi connectivity index (χ3v) is 5.81. The molecule has 0 bridgehead atoms. The molecule has 7 nitrogen and oxygen atoms in total. The molecule has 1 atom stereocenters. The molecule has 0 spiro atoms. The first kappa shape index (κ1) is 23.1. The molecule has 0 saturated heterocycles. The minimum atomic E-state index is -3.77. The van der Waals surface area contributed by atoms with E-state index in [0.29, 0.717) is 22.1 Å². The lowest BCUT2D eigenvalue weighted by Crippen LogP contribution is -2.41. The van der Waals surface area contributed by atoms with Crippen molar-refractivity contribution in [3.8, 4) is 11.5 Å². The topological polar surface area (TPSA) is 84.9 Å². The van der Waals surface area contributed by atoms with Gasteiger partial charge >= 0.3 is 0 Å². The minimum Gasteiger partial charge on any atom is -0.497 e. The Bertz CT molecular complexity index is 998. The lowest BCUT2D eigenvalue weighted by Gasteiger charge is -2.24. The number of hydrogen-bond acceptors (Lipinski definition) is 5.